The van der Waals surface area contributed by atoms with Crippen molar-refractivity contribution in [1.29, 1.82) is 0 Å². The van der Waals surface area contributed by atoms with Gasteiger partial charge in [0.2, 0.25) is 5.91 Å². The van der Waals surface area contributed by atoms with Crippen LogP contribution in [0, 0.1) is 12.3 Å². The zero-order valence-electron chi connectivity index (χ0n) is 13.9. The zero-order valence-corrected chi connectivity index (χ0v) is 13.9. The Morgan fingerprint density at radius 2 is 1.96 bits per heavy atom. The van der Waals surface area contributed by atoms with Crippen molar-refractivity contribution in [3.05, 3.63) is 29.8 Å². The van der Waals surface area contributed by atoms with Crippen molar-refractivity contribution in [2.45, 2.75) is 25.8 Å². The molecule has 4 heteroatoms. The maximum atomic E-state index is 12.9. The lowest BCUT2D eigenvalue weighted by Crippen LogP contribution is -2.54. The normalized spacial score (nSPS) is 20.1. The summed E-state index contributed by atoms with van der Waals surface area (Å²) in [5, 5.41) is 0. The monoisotopic (exact) mass is 311 g/mol. The maximum absolute atomic E-state index is 12.9. The van der Waals surface area contributed by atoms with Crippen molar-refractivity contribution in [3.63, 3.8) is 0 Å². The highest BCUT2D eigenvalue weighted by atomic mass is 16.2. The van der Waals surface area contributed by atoms with Crippen LogP contribution in [0.25, 0.3) is 0 Å². The Bertz CT molecular complexity index is 599. The minimum atomic E-state index is -0.0593. The summed E-state index contributed by atoms with van der Waals surface area (Å²) in [6.07, 6.45) is 7.10. The average molecular weight is 311 g/mol. The fraction of sp³-hybridized carbons (Fsp3) is 0.526. The fourth-order valence-corrected chi connectivity index (χ4v) is 3.55. The fourth-order valence-electron chi connectivity index (χ4n) is 3.55. The maximum Gasteiger partial charge on any atom is 0.244 e. The van der Waals surface area contributed by atoms with Gasteiger partial charge < -0.3 is 4.90 Å². The number of terminal acetylenes is 1. The lowest BCUT2D eigenvalue weighted by atomic mass is 10.1. The van der Waals surface area contributed by atoms with Crippen LogP contribution < -0.4 is 4.90 Å². The zero-order chi connectivity index (χ0) is 16.2. The van der Waals surface area contributed by atoms with E-state index in [9.17, 15) is 4.79 Å². The summed E-state index contributed by atoms with van der Waals surface area (Å²) < 4.78 is 0. The van der Waals surface area contributed by atoms with Crippen molar-refractivity contribution in [1.82, 2.24) is 9.80 Å². The van der Waals surface area contributed by atoms with Crippen LogP contribution in [0.15, 0.2) is 24.3 Å². The molecule has 2 aliphatic heterocycles. The molecule has 0 aliphatic carbocycles. The highest BCUT2D eigenvalue weighted by molar-refractivity contribution is 5.98. The van der Waals surface area contributed by atoms with E-state index in [2.05, 4.69) is 27.9 Å². The van der Waals surface area contributed by atoms with E-state index in [1.54, 1.807) is 0 Å². The second kappa shape index (κ2) is 7.16. The molecule has 1 aromatic carbocycles. The number of benzene rings is 1. The lowest BCUT2D eigenvalue weighted by Gasteiger charge is -2.38. The first-order valence-electron chi connectivity index (χ1n) is 8.50. The van der Waals surface area contributed by atoms with Crippen LogP contribution >= 0.6 is 0 Å². The third-order valence-electron chi connectivity index (χ3n) is 5.04. The number of para-hydroxylation sites is 1. The van der Waals surface area contributed by atoms with Gasteiger partial charge in [-0.15, -0.1) is 12.3 Å². The topological polar surface area (TPSA) is 26.8 Å². The van der Waals surface area contributed by atoms with E-state index < -0.39 is 0 Å². The number of carbonyl (C=O) groups is 1. The Morgan fingerprint density at radius 3 is 2.70 bits per heavy atom. The lowest BCUT2D eigenvalue weighted by molar-refractivity contribution is -0.123. The van der Waals surface area contributed by atoms with Crippen LogP contribution in [-0.2, 0) is 11.2 Å². The number of rotatable bonds is 4. The first-order chi connectivity index (χ1) is 11.2. The predicted octanol–water partition coefficient (Wildman–Crippen LogP) is 1.61. The van der Waals surface area contributed by atoms with Gasteiger partial charge in [-0.3, -0.25) is 14.6 Å². The first kappa shape index (κ1) is 16.0. The van der Waals surface area contributed by atoms with Crippen molar-refractivity contribution in [2.24, 2.45) is 0 Å². The largest absolute Gasteiger partial charge is 0.310 e. The molecule has 3 rings (SSSR count). The second-order valence-corrected chi connectivity index (χ2v) is 6.38. The summed E-state index contributed by atoms with van der Waals surface area (Å²) in [5.74, 6) is 2.93. The Kier molecular flexibility index (Phi) is 5.00. The molecule has 0 bridgehead atoms. The molecule has 2 heterocycles. The Morgan fingerprint density at radius 1 is 1.22 bits per heavy atom. The van der Waals surface area contributed by atoms with Crippen LogP contribution in [0.3, 0.4) is 0 Å². The molecule has 0 saturated carbocycles. The van der Waals surface area contributed by atoms with E-state index in [4.69, 9.17) is 6.42 Å². The van der Waals surface area contributed by atoms with Crippen LogP contribution in [0.5, 0.6) is 0 Å². The van der Waals surface area contributed by atoms with Crippen LogP contribution in [0.4, 0.5) is 5.69 Å². The van der Waals surface area contributed by atoms with E-state index in [-0.39, 0.29) is 11.9 Å². The minimum Gasteiger partial charge on any atom is -0.310 e. The van der Waals surface area contributed by atoms with Gasteiger partial charge in [0.1, 0.15) is 0 Å². The number of hydrogen-bond donors (Lipinski definition) is 0. The number of anilines is 1. The van der Waals surface area contributed by atoms with Crippen molar-refractivity contribution in [2.75, 3.05) is 44.2 Å². The highest BCUT2D eigenvalue weighted by Gasteiger charge is 2.32. The number of nitrogens with zero attached hydrogens (tertiary/aromatic N) is 3. The molecular weight excluding hydrogens is 286 g/mol. The number of hydrogen-bond acceptors (Lipinski definition) is 3. The number of fused-ring (bicyclic) bond motifs is 1. The van der Waals surface area contributed by atoms with Gasteiger partial charge in [0.15, 0.2) is 0 Å². The van der Waals surface area contributed by atoms with Crippen molar-refractivity contribution in [3.8, 4) is 12.3 Å². The molecule has 1 aromatic rings. The van der Waals surface area contributed by atoms with E-state index in [1.165, 1.54) is 5.56 Å². The molecule has 0 aromatic heterocycles. The second-order valence-electron chi connectivity index (χ2n) is 6.38. The molecular formula is C19H25N3O. The number of amides is 1. The summed E-state index contributed by atoms with van der Waals surface area (Å²) in [6, 6.07) is 8.18. The Labute approximate surface area is 139 Å². The summed E-state index contributed by atoms with van der Waals surface area (Å²) in [5.41, 5.74) is 2.38. The Hall–Kier alpha value is -1.83. The number of piperazine rings is 1. The molecule has 0 N–H and O–H groups in total. The quantitative estimate of drug-likeness (QED) is 0.791. The standard InChI is InChI=1S/C19H25N3O/c1-3-4-10-20-12-14-21(15-13-20)16(2)19(23)22-11-9-17-7-5-6-8-18(17)22/h1,5-8,16H,4,9-15H2,2H3/t16-/m0/s1. The molecule has 1 amide bonds. The van der Waals surface area contributed by atoms with Gasteiger partial charge >= 0.3 is 0 Å². The van der Waals surface area contributed by atoms with E-state index >= 15 is 0 Å². The summed E-state index contributed by atoms with van der Waals surface area (Å²) >= 11 is 0. The third kappa shape index (κ3) is 3.41. The minimum absolute atomic E-state index is 0.0593. The van der Waals surface area contributed by atoms with E-state index in [0.717, 1.165) is 57.8 Å². The molecule has 1 fully saturated rings. The van der Waals surface area contributed by atoms with E-state index in [0.29, 0.717) is 0 Å². The van der Waals surface area contributed by atoms with Crippen LogP contribution in [0.1, 0.15) is 18.9 Å². The van der Waals surface area contributed by atoms with Gasteiger partial charge in [-0.25, -0.2) is 0 Å². The molecule has 23 heavy (non-hydrogen) atoms. The third-order valence-corrected chi connectivity index (χ3v) is 5.04. The SMILES string of the molecule is C#CCCN1CCN([C@@H](C)C(=O)N2CCc3ccccc32)CC1. The molecule has 1 atom stereocenters. The molecule has 0 spiro atoms. The molecule has 0 unspecified atom stereocenters. The van der Waals surface area contributed by atoms with Crippen molar-refractivity contribution < 1.29 is 4.79 Å². The highest BCUT2D eigenvalue weighted by Crippen LogP contribution is 2.28. The molecule has 2 aliphatic rings. The summed E-state index contributed by atoms with van der Waals surface area (Å²) in [7, 11) is 0. The van der Waals surface area contributed by atoms with Gasteiger partial charge in [0.25, 0.3) is 0 Å². The van der Waals surface area contributed by atoms with Gasteiger partial charge in [0.05, 0.1) is 6.04 Å². The summed E-state index contributed by atoms with van der Waals surface area (Å²) in [4.78, 5) is 19.6. The van der Waals surface area contributed by atoms with E-state index in [1.807, 2.05) is 24.0 Å². The molecule has 0 radical (unpaired) electrons. The van der Waals surface area contributed by atoms with Crippen molar-refractivity contribution >= 4 is 11.6 Å². The van der Waals surface area contributed by atoms with Gasteiger partial charge in [-0.05, 0) is 25.0 Å². The van der Waals surface area contributed by atoms with Gasteiger partial charge in [-0.2, -0.15) is 0 Å². The molecule has 4 nitrogen and oxygen atoms in total. The van der Waals surface area contributed by atoms with Crippen LogP contribution in [0.2, 0.25) is 0 Å². The Balaban J connectivity index is 1.58. The molecule has 122 valence electrons. The van der Waals surface area contributed by atoms with Gasteiger partial charge in [-0.1, -0.05) is 18.2 Å². The summed E-state index contributed by atoms with van der Waals surface area (Å²) in [6.45, 7) is 7.68. The molecule has 1 saturated heterocycles. The van der Waals surface area contributed by atoms with Gasteiger partial charge in [0, 0.05) is 51.4 Å². The number of carbonyl (C=O) groups excluding carboxylic acids is 1. The first-order valence-corrected chi connectivity index (χ1v) is 8.50. The van der Waals surface area contributed by atoms with Crippen LogP contribution in [-0.4, -0.2) is 61.0 Å². The predicted molar refractivity (Wildman–Crippen MR) is 93.4 cm³/mol. The average Bonchev–Trinajstić information content (AvgIpc) is 3.03. The smallest absolute Gasteiger partial charge is 0.244 e.